The quantitative estimate of drug-likeness (QED) is 0.0169. The summed E-state index contributed by atoms with van der Waals surface area (Å²) in [4.78, 5) is 72.8. The molecule has 19 heteroatoms. The van der Waals surface area contributed by atoms with E-state index in [1.165, 1.54) is 186 Å². The summed E-state index contributed by atoms with van der Waals surface area (Å²) in [6.45, 7) is 7.25. The molecule has 0 aliphatic heterocycles. The van der Waals surface area contributed by atoms with Crippen LogP contribution in [0.2, 0.25) is 0 Å². The second-order valence-electron chi connectivity index (χ2n) is 27.5. The number of ether oxygens (including phenoxy) is 4. The number of carbonyl (C=O) groups excluding carboxylic acids is 4. The molecular weight excluding hydrogens is 1260 g/mol. The molecule has 0 saturated carbocycles. The van der Waals surface area contributed by atoms with E-state index >= 15 is 0 Å². The second kappa shape index (κ2) is 69.6. The first-order chi connectivity index (χ1) is 46.5. The highest BCUT2D eigenvalue weighted by Crippen LogP contribution is 2.45. The third-order valence-electron chi connectivity index (χ3n) is 17.4. The van der Waals surface area contributed by atoms with Gasteiger partial charge in [-0.05, 0) is 57.3 Å². The van der Waals surface area contributed by atoms with Gasteiger partial charge in [-0.15, -0.1) is 0 Å². The third-order valence-corrected chi connectivity index (χ3v) is 19.3. The Hall–Kier alpha value is -2.46. The highest BCUT2D eigenvalue weighted by molar-refractivity contribution is 7.47. The van der Waals surface area contributed by atoms with Gasteiger partial charge in [0, 0.05) is 25.7 Å². The van der Waals surface area contributed by atoms with Crippen LogP contribution in [0.25, 0.3) is 0 Å². The van der Waals surface area contributed by atoms with Gasteiger partial charge in [0.05, 0.1) is 26.4 Å². The Morgan fingerprint density at radius 3 is 0.854 bits per heavy atom. The van der Waals surface area contributed by atoms with Crippen LogP contribution in [-0.2, 0) is 65.4 Å². The van der Waals surface area contributed by atoms with E-state index < -0.39 is 97.5 Å². The van der Waals surface area contributed by atoms with Crippen molar-refractivity contribution in [1.82, 2.24) is 0 Å². The number of unbranched alkanes of at least 4 members (excludes halogenated alkanes) is 44. The minimum absolute atomic E-state index is 0.101. The van der Waals surface area contributed by atoms with Crippen LogP contribution < -0.4 is 0 Å². The minimum atomic E-state index is -4.96. The van der Waals surface area contributed by atoms with Crippen LogP contribution >= 0.6 is 15.6 Å². The van der Waals surface area contributed by atoms with Gasteiger partial charge in [-0.25, -0.2) is 9.13 Å². The molecule has 0 aromatic rings. The van der Waals surface area contributed by atoms with Crippen molar-refractivity contribution in [2.24, 2.45) is 5.92 Å². The van der Waals surface area contributed by atoms with Crippen molar-refractivity contribution in [3.63, 3.8) is 0 Å². The van der Waals surface area contributed by atoms with Crippen LogP contribution in [0.5, 0.6) is 0 Å². The number of aliphatic hydroxyl groups is 1. The van der Waals surface area contributed by atoms with Crippen LogP contribution in [0.4, 0.5) is 0 Å². The summed E-state index contributed by atoms with van der Waals surface area (Å²) in [5.74, 6) is -1.34. The minimum Gasteiger partial charge on any atom is -0.462 e. The zero-order valence-corrected chi connectivity index (χ0v) is 63.8. The number of esters is 4. The molecule has 5 atom stereocenters. The molecule has 0 heterocycles. The molecule has 0 aromatic carbocycles. The fourth-order valence-electron chi connectivity index (χ4n) is 11.3. The predicted molar refractivity (Wildman–Crippen MR) is 391 cm³/mol. The number of rotatable bonds is 75. The standard InChI is InChI=1S/C77H146O17P2/c1-6-9-12-15-18-21-24-26-28-33-36-41-46-51-56-61-75(80)88-67-73(94-77(82)63-58-53-48-43-38-34-30-27-29-32-35-39-44-49-54-59-70(4)5)69-92-96(85,86)90-65-71(78)64-89-95(83,84)91-68-72(66-87-74(79)60-55-50-45-40-23-20-17-14-11-8-3)93-76(81)62-57-52-47-42-37-31-25-22-19-16-13-10-7-2/h21,24,26,28,70-73,78H,6-20,22-23,25,27,29-69H2,1-5H3,(H,83,84)(H,85,86)/b24-21-,28-26-/t71-,72+,73+/m0/s1. The lowest BCUT2D eigenvalue weighted by Crippen LogP contribution is -2.30. The molecule has 0 aromatic heterocycles. The maximum Gasteiger partial charge on any atom is 0.472 e. The van der Waals surface area contributed by atoms with Crippen LogP contribution in [0.1, 0.15) is 381 Å². The molecular formula is C77H146O17P2. The van der Waals surface area contributed by atoms with Crippen molar-refractivity contribution in [2.45, 2.75) is 400 Å². The smallest absolute Gasteiger partial charge is 0.462 e. The molecule has 0 amide bonds. The Kier molecular flexibility index (Phi) is 67.8. The number of phosphoric acid groups is 2. The molecule has 566 valence electrons. The van der Waals surface area contributed by atoms with E-state index in [2.05, 4.69) is 58.9 Å². The van der Waals surface area contributed by atoms with Gasteiger partial charge in [-0.3, -0.25) is 37.3 Å². The largest absolute Gasteiger partial charge is 0.472 e. The van der Waals surface area contributed by atoms with Gasteiger partial charge in [0.1, 0.15) is 19.3 Å². The lowest BCUT2D eigenvalue weighted by Gasteiger charge is -2.21. The first-order valence-corrected chi connectivity index (χ1v) is 42.4. The van der Waals surface area contributed by atoms with Gasteiger partial charge in [-0.2, -0.15) is 0 Å². The fraction of sp³-hybridized carbons (Fsp3) is 0.896. The summed E-state index contributed by atoms with van der Waals surface area (Å²) >= 11 is 0. The topological polar surface area (TPSA) is 237 Å². The lowest BCUT2D eigenvalue weighted by atomic mass is 10.0. The van der Waals surface area contributed by atoms with Crippen molar-refractivity contribution in [3.05, 3.63) is 24.3 Å². The van der Waals surface area contributed by atoms with Gasteiger partial charge >= 0.3 is 39.5 Å². The predicted octanol–water partition coefficient (Wildman–Crippen LogP) is 22.4. The number of hydrogen-bond donors (Lipinski definition) is 3. The first kappa shape index (κ1) is 93.5. The average molecular weight is 1410 g/mol. The van der Waals surface area contributed by atoms with E-state index in [9.17, 15) is 43.2 Å². The molecule has 17 nitrogen and oxygen atoms in total. The van der Waals surface area contributed by atoms with Crippen LogP contribution in [-0.4, -0.2) is 96.7 Å². The highest BCUT2D eigenvalue weighted by atomic mass is 31.2. The van der Waals surface area contributed by atoms with Crippen LogP contribution in [0.15, 0.2) is 24.3 Å². The number of aliphatic hydroxyl groups excluding tert-OH is 1. The van der Waals surface area contributed by atoms with Gasteiger partial charge in [0.2, 0.25) is 0 Å². The van der Waals surface area contributed by atoms with Crippen LogP contribution in [0, 0.1) is 5.92 Å². The van der Waals surface area contributed by atoms with Gasteiger partial charge in [0.15, 0.2) is 12.2 Å². The van der Waals surface area contributed by atoms with Gasteiger partial charge < -0.3 is 33.8 Å². The molecule has 0 radical (unpaired) electrons. The summed E-state index contributed by atoms with van der Waals surface area (Å²) in [5.41, 5.74) is 0. The van der Waals surface area contributed by atoms with E-state index in [1.54, 1.807) is 0 Å². The van der Waals surface area contributed by atoms with Crippen molar-refractivity contribution in [1.29, 1.82) is 0 Å². The molecule has 96 heavy (non-hydrogen) atoms. The summed E-state index contributed by atoms with van der Waals surface area (Å²) in [5, 5.41) is 10.6. The number of phosphoric ester groups is 2. The Labute approximate surface area is 586 Å². The molecule has 0 saturated heterocycles. The Morgan fingerprint density at radius 2 is 0.562 bits per heavy atom. The number of allylic oxidation sites excluding steroid dienone is 4. The summed E-state index contributed by atoms with van der Waals surface area (Å²) in [6.07, 6.45) is 61.7. The summed E-state index contributed by atoms with van der Waals surface area (Å²) < 4.78 is 68.5. The Balaban J connectivity index is 5.27. The fourth-order valence-corrected chi connectivity index (χ4v) is 12.9. The molecule has 0 rings (SSSR count). The monoisotopic (exact) mass is 1410 g/mol. The molecule has 0 bridgehead atoms. The third kappa shape index (κ3) is 70.0. The summed E-state index contributed by atoms with van der Waals surface area (Å²) in [6, 6.07) is 0. The number of hydrogen-bond acceptors (Lipinski definition) is 15. The first-order valence-electron chi connectivity index (χ1n) is 39.5. The molecule has 0 fully saturated rings. The normalized spacial score (nSPS) is 14.1. The Morgan fingerprint density at radius 1 is 0.323 bits per heavy atom. The van der Waals surface area contributed by atoms with Crippen molar-refractivity contribution in [2.75, 3.05) is 39.6 Å². The zero-order chi connectivity index (χ0) is 70.5. The van der Waals surface area contributed by atoms with Crippen molar-refractivity contribution >= 4 is 39.5 Å². The highest BCUT2D eigenvalue weighted by Gasteiger charge is 2.30. The zero-order valence-electron chi connectivity index (χ0n) is 62.0. The van der Waals surface area contributed by atoms with Gasteiger partial charge in [-0.1, -0.05) is 329 Å². The molecule has 2 unspecified atom stereocenters. The van der Waals surface area contributed by atoms with Crippen LogP contribution in [0.3, 0.4) is 0 Å². The number of carbonyl (C=O) groups is 4. The molecule has 0 aliphatic carbocycles. The Bertz CT molecular complexity index is 1930. The second-order valence-corrected chi connectivity index (χ2v) is 30.4. The van der Waals surface area contributed by atoms with Gasteiger partial charge in [0.25, 0.3) is 0 Å². The van der Waals surface area contributed by atoms with Crippen molar-refractivity contribution < 1.29 is 80.2 Å². The van der Waals surface area contributed by atoms with Crippen molar-refractivity contribution in [3.8, 4) is 0 Å². The molecule has 0 aliphatic rings. The average Bonchev–Trinajstić information content (AvgIpc) is 1.42. The maximum absolute atomic E-state index is 13.1. The lowest BCUT2D eigenvalue weighted by molar-refractivity contribution is -0.161. The maximum atomic E-state index is 13.1. The molecule has 0 spiro atoms. The summed E-state index contributed by atoms with van der Waals surface area (Å²) in [7, 11) is -9.92. The van der Waals surface area contributed by atoms with E-state index in [4.69, 9.17) is 37.0 Å². The van der Waals surface area contributed by atoms with E-state index in [-0.39, 0.29) is 25.7 Å². The van der Waals surface area contributed by atoms with E-state index in [0.29, 0.717) is 25.7 Å². The SMILES string of the molecule is CCCCCC/C=C\C=C/CCCCCCCC(=O)OC[C@H](COP(=O)(O)OC[C@@H](O)COP(=O)(O)OC[C@@H](COC(=O)CCCCCCCCCCCC)OC(=O)CCCCCCCCCCCCCCC)OC(=O)CCCCCCCCCCCCCCCCCC(C)C. The molecule has 3 N–H and O–H groups in total. The van der Waals surface area contributed by atoms with E-state index in [1.807, 2.05) is 0 Å². The van der Waals surface area contributed by atoms with E-state index in [0.717, 1.165) is 115 Å².